The first-order valence-electron chi connectivity index (χ1n) is 4.00. The van der Waals surface area contributed by atoms with Crippen LogP contribution < -0.4 is 5.32 Å². The first-order chi connectivity index (χ1) is 5.43. The number of nitrogens with one attached hydrogen (secondary N) is 1. The number of halogens is 1. The molecule has 0 radical (unpaired) electrons. The van der Waals surface area contributed by atoms with Crippen molar-refractivity contribution in [3.8, 4) is 0 Å². The fraction of sp³-hybridized carbons (Fsp3) is 0.875. The van der Waals surface area contributed by atoms with E-state index in [0.29, 0.717) is 0 Å². The van der Waals surface area contributed by atoms with Gasteiger partial charge in [0, 0.05) is 0 Å². The third-order valence-corrected chi connectivity index (χ3v) is 2.56. The molecule has 0 aromatic rings. The van der Waals surface area contributed by atoms with Crippen LogP contribution in [0.3, 0.4) is 0 Å². The van der Waals surface area contributed by atoms with E-state index >= 15 is 0 Å². The van der Waals surface area contributed by atoms with Crippen LogP contribution in [0.15, 0.2) is 0 Å². The summed E-state index contributed by atoms with van der Waals surface area (Å²) in [5, 5.41) is 11.6. The zero-order valence-corrected chi connectivity index (χ0v) is 9.31. The van der Waals surface area contributed by atoms with Crippen LogP contribution in [0.25, 0.3) is 0 Å². The summed E-state index contributed by atoms with van der Waals surface area (Å²) in [6, 6.07) is 0. The lowest BCUT2D eigenvalue weighted by Gasteiger charge is -2.24. The summed E-state index contributed by atoms with van der Waals surface area (Å²) < 4.78 is 0. The molecule has 0 spiro atoms. The number of amides is 1. The van der Waals surface area contributed by atoms with E-state index in [0.717, 1.165) is 6.42 Å². The molecule has 0 aliphatic carbocycles. The van der Waals surface area contributed by atoms with Gasteiger partial charge in [-0.2, -0.15) is 0 Å². The van der Waals surface area contributed by atoms with Gasteiger partial charge < -0.3 is 10.4 Å². The Bertz CT molecular complexity index is 159. The number of hydrogen-bond acceptors (Lipinski definition) is 2. The maximum absolute atomic E-state index is 11.3. The van der Waals surface area contributed by atoms with E-state index in [9.17, 15) is 4.79 Å². The Morgan fingerprint density at radius 3 is 2.50 bits per heavy atom. The normalized spacial score (nSPS) is 14.1. The molecule has 0 aromatic carbocycles. The maximum Gasteiger partial charge on any atom is 0.234 e. The SMILES string of the molecule is CCC(Br)C(=O)NC(C)(C)CO. The number of hydrogen-bond donors (Lipinski definition) is 2. The van der Waals surface area contributed by atoms with Crippen LogP contribution >= 0.6 is 15.9 Å². The Hall–Kier alpha value is -0.0900. The van der Waals surface area contributed by atoms with E-state index in [1.165, 1.54) is 0 Å². The van der Waals surface area contributed by atoms with Crippen molar-refractivity contribution in [2.45, 2.75) is 37.6 Å². The second-order valence-electron chi connectivity index (χ2n) is 3.41. The Morgan fingerprint density at radius 1 is 1.67 bits per heavy atom. The minimum atomic E-state index is -0.529. The van der Waals surface area contributed by atoms with Crippen molar-refractivity contribution >= 4 is 21.8 Å². The Kier molecular flexibility index (Phi) is 4.78. The Balaban J connectivity index is 4.00. The standard InChI is InChI=1S/C8H16BrNO2/c1-4-6(9)7(12)10-8(2,3)5-11/h6,11H,4-5H2,1-3H3,(H,10,12). The molecule has 0 saturated heterocycles. The number of rotatable bonds is 4. The van der Waals surface area contributed by atoms with E-state index in [1.807, 2.05) is 6.92 Å². The van der Waals surface area contributed by atoms with Crippen LogP contribution in [0.4, 0.5) is 0 Å². The van der Waals surface area contributed by atoms with Gasteiger partial charge in [-0.3, -0.25) is 4.79 Å². The highest BCUT2D eigenvalue weighted by molar-refractivity contribution is 9.10. The molecule has 2 N–H and O–H groups in total. The first-order valence-corrected chi connectivity index (χ1v) is 4.91. The molecule has 0 bridgehead atoms. The third-order valence-electron chi connectivity index (χ3n) is 1.50. The molecule has 0 aliphatic rings. The fourth-order valence-corrected chi connectivity index (χ4v) is 0.751. The predicted octanol–water partition coefficient (Wildman–Crippen LogP) is 1.05. The zero-order valence-electron chi connectivity index (χ0n) is 7.72. The summed E-state index contributed by atoms with van der Waals surface area (Å²) in [5.74, 6) is -0.0726. The second kappa shape index (κ2) is 4.82. The van der Waals surface area contributed by atoms with Gasteiger partial charge in [-0.05, 0) is 20.3 Å². The largest absolute Gasteiger partial charge is 0.394 e. The van der Waals surface area contributed by atoms with Gasteiger partial charge in [0.15, 0.2) is 0 Å². The lowest BCUT2D eigenvalue weighted by atomic mass is 10.1. The second-order valence-corrected chi connectivity index (χ2v) is 4.51. The molecule has 0 saturated carbocycles. The van der Waals surface area contributed by atoms with Crippen LogP contribution in [-0.4, -0.2) is 28.0 Å². The lowest BCUT2D eigenvalue weighted by molar-refractivity contribution is -0.122. The molecule has 0 fully saturated rings. The van der Waals surface area contributed by atoms with Crippen molar-refractivity contribution in [1.82, 2.24) is 5.32 Å². The summed E-state index contributed by atoms with van der Waals surface area (Å²) in [5.41, 5.74) is -0.529. The van der Waals surface area contributed by atoms with Crippen LogP contribution in [0.5, 0.6) is 0 Å². The highest BCUT2D eigenvalue weighted by Crippen LogP contribution is 2.07. The third kappa shape index (κ3) is 4.07. The molecular formula is C8H16BrNO2. The number of carbonyl (C=O) groups excluding carboxylic acids is 1. The van der Waals surface area contributed by atoms with E-state index in [4.69, 9.17) is 5.11 Å². The van der Waals surface area contributed by atoms with Gasteiger partial charge >= 0.3 is 0 Å². The number of aliphatic hydroxyl groups is 1. The molecule has 0 rings (SSSR count). The highest BCUT2D eigenvalue weighted by Gasteiger charge is 2.22. The maximum atomic E-state index is 11.3. The smallest absolute Gasteiger partial charge is 0.234 e. The van der Waals surface area contributed by atoms with E-state index < -0.39 is 5.54 Å². The summed E-state index contributed by atoms with van der Waals surface area (Å²) in [7, 11) is 0. The van der Waals surface area contributed by atoms with Crippen molar-refractivity contribution in [2.24, 2.45) is 0 Å². The van der Waals surface area contributed by atoms with Crippen molar-refractivity contribution in [1.29, 1.82) is 0 Å². The molecule has 1 atom stereocenters. The van der Waals surface area contributed by atoms with E-state index in [-0.39, 0.29) is 17.3 Å². The topological polar surface area (TPSA) is 49.3 Å². The molecule has 12 heavy (non-hydrogen) atoms. The van der Waals surface area contributed by atoms with Gasteiger partial charge in [-0.25, -0.2) is 0 Å². The molecule has 1 amide bonds. The quantitative estimate of drug-likeness (QED) is 0.719. The van der Waals surface area contributed by atoms with Crippen molar-refractivity contribution in [3.05, 3.63) is 0 Å². The summed E-state index contributed by atoms with van der Waals surface area (Å²) >= 11 is 3.23. The molecule has 1 unspecified atom stereocenters. The molecule has 0 aliphatic heterocycles. The van der Waals surface area contributed by atoms with Gasteiger partial charge in [0.05, 0.1) is 17.0 Å². The average molecular weight is 238 g/mol. The fourth-order valence-electron chi connectivity index (χ4n) is 0.637. The van der Waals surface area contributed by atoms with Crippen LogP contribution in [-0.2, 0) is 4.79 Å². The molecular weight excluding hydrogens is 222 g/mol. The van der Waals surface area contributed by atoms with E-state index in [1.54, 1.807) is 13.8 Å². The van der Waals surface area contributed by atoms with E-state index in [2.05, 4.69) is 21.2 Å². The minimum Gasteiger partial charge on any atom is -0.394 e. The van der Waals surface area contributed by atoms with Crippen LogP contribution in [0, 0.1) is 0 Å². The van der Waals surface area contributed by atoms with Gasteiger partial charge in [0.25, 0.3) is 0 Å². The summed E-state index contributed by atoms with van der Waals surface area (Å²) in [6.45, 7) is 5.42. The number of alkyl halides is 1. The monoisotopic (exact) mass is 237 g/mol. The zero-order chi connectivity index (χ0) is 9.78. The molecule has 0 aromatic heterocycles. The lowest BCUT2D eigenvalue weighted by Crippen LogP contribution is -2.48. The Labute approximate surface area is 81.7 Å². The summed E-state index contributed by atoms with van der Waals surface area (Å²) in [6.07, 6.45) is 0.743. The van der Waals surface area contributed by atoms with Gasteiger partial charge in [-0.1, -0.05) is 22.9 Å². The van der Waals surface area contributed by atoms with Crippen molar-refractivity contribution in [2.75, 3.05) is 6.61 Å². The van der Waals surface area contributed by atoms with Gasteiger partial charge in [0.2, 0.25) is 5.91 Å². The van der Waals surface area contributed by atoms with Crippen LogP contribution in [0.1, 0.15) is 27.2 Å². The predicted molar refractivity (Wildman–Crippen MR) is 52.3 cm³/mol. The van der Waals surface area contributed by atoms with Crippen molar-refractivity contribution < 1.29 is 9.90 Å². The number of aliphatic hydroxyl groups excluding tert-OH is 1. The molecule has 0 heterocycles. The molecule has 4 heteroatoms. The Morgan fingerprint density at radius 2 is 2.17 bits per heavy atom. The number of carbonyl (C=O) groups is 1. The first kappa shape index (κ1) is 11.9. The minimum absolute atomic E-state index is 0.0534. The van der Waals surface area contributed by atoms with Gasteiger partial charge in [0.1, 0.15) is 0 Å². The average Bonchev–Trinajstić information content (AvgIpc) is 2.02. The highest BCUT2D eigenvalue weighted by atomic mass is 79.9. The van der Waals surface area contributed by atoms with Gasteiger partial charge in [-0.15, -0.1) is 0 Å². The summed E-state index contributed by atoms with van der Waals surface area (Å²) in [4.78, 5) is 11.1. The van der Waals surface area contributed by atoms with Crippen molar-refractivity contribution in [3.63, 3.8) is 0 Å². The molecule has 3 nitrogen and oxygen atoms in total. The van der Waals surface area contributed by atoms with Crippen LogP contribution in [0.2, 0.25) is 0 Å². The molecule has 72 valence electrons.